The van der Waals surface area contributed by atoms with Crippen molar-refractivity contribution in [2.45, 2.75) is 39.9 Å². The topological polar surface area (TPSA) is 0 Å². The van der Waals surface area contributed by atoms with Gasteiger partial charge < -0.3 is 0 Å². The summed E-state index contributed by atoms with van der Waals surface area (Å²) in [6.07, 6.45) is 16.8. The summed E-state index contributed by atoms with van der Waals surface area (Å²) in [5.74, 6) is 0.529. The highest BCUT2D eigenvalue weighted by atomic mass is 32.3. The second-order valence-electron chi connectivity index (χ2n) is 11.7. The van der Waals surface area contributed by atoms with E-state index in [0.29, 0.717) is 5.92 Å². The van der Waals surface area contributed by atoms with E-state index >= 15 is 0 Å². The van der Waals surface area contributed by atoms with Gasteiger partial charge in [-0.05, 0) is 83.4 Å². The molecule has 0 nitrogen and oxygen atoms in total. The van der Waals surface area contributed by atoms with Crippen LogP contribution in [0.25, 0.3) is 0 Å². The molecule has 0 fully saturated rings. The molecule has 2 unspecified atom stereocenters. The molecule has 1 aliphatic carbocycles. The van der Waals surface area contributed by atoms with E-state index in [1.54, 1.807) is 0 Å². The lowest BCUT2D eigenvalue weighted by Crippen LogP contribution is -2.61. The maximum absolute atomic E-state index is 4.82. The van der Waals surface area contributed by atoms with Crippen molar-refractivity contribution in [3.05, 3.63) is 205 Å². The Morgan fingerprint density at radius 3 is 1.85 bits per heavy atom. The van der Waals surface area contributed by atoms with Gasteiger partial charge in [0.05, 0.1) is 0 Å². The summed E-state index contributed by atoms with van der Waals surface area (Å²) in [5, 5.41) is 5.26. The van der Waals surface area contributed by atoms with E-state index in [2.05, 4.69) is 196 Å². The number of allylic oxidation sites excluding steroid dienone is 9. The Kier molecular flexibility index (Phi) is 9.55. The van der Waals surface area contributed by atoms with Gasteiger partial charge in [-0.3, -0.25) is 0 Å². The average Bonchev–Trinajstić information content (AvgIpc) is 3.12. The molecule has 0 aliphatic heterocycles. The third-order valence-electron chi connectivity index (χ3n) is 8.85. The summed E-state index contributed by atoms with van der Waals surface area (Å²) in [5.41, 5.74) is 0. The highest BCUT2D eigenvalue weighted by Crippen LogP contribution is 2.73. The molecular formula is C44H40SSi. The lowest BCUT2D eigenvalue weighted by molar-refractivity contribution is 0.734. The Labute approximate surface area is 278 Å². The van der Waals surface area contributed by atoms with Crippen LogP contribution in [0.4, 0.5) is 0 Å². The predicted octanol–water partition coefficient (Wildman–Crippen LogP) is 10.5. The van der Waals surface area contributed by atoms with Gasteiger partial charge in [0.2, 0.25) is 0 Å². The zero-order valence-electron chi connectivity index (χ0n) is 26.6. The van der Waals surface area contributed by atoms with E-state index in [-0.39, 0.29) is 0 Å². The zero-order valence-corrected chi connectivity index (χ0v) is 28.5. The highest BCUT2D eigenvalue weighted by Gasteiger charge is 2.43. The van der Waals surface area contributed by atoms with Gasteiger partial charge in [-0.1, -0.05) is 152 Å². The molecule has 0 heterocycles. The van der Waals surface area contributed by atoms with Gasteiger partial charge >= 0.3 is 0 Å². The van der Waals surface area contributed by atoms with E-state index in [9.17, 15) is 0 Å². The number of hydrogen-bond donors (Lipinski definition) is 0. The van der Waals surface area contributed by atoms with Crippen LogP contribution in [0.15, 0.2) is 213 Å². The minimum absolute atomic E-state index is 0.529. The minimum Gasteiger partial charge on any atom is -0.132 e. The molecule has 6 rings (SSSR count). The quantitative estimate of drug-likeness (QED) is 0.107. The smallest absolute Gasteiger partial charge is 0.132 e. The average molecular weight is 629 g/mol. The van der Waals surface area contributed by atoms with Crippen LogP contribution in [-0.2, 0) is 0 Å². The molecule has 5 aromatic carbocycles. The van der Waals surface area contributed by atoms with Crippen LogP contribution in [0.3, 0.4) is 0 Å². The molecule has 46 heavy (non-hydrogen) atoms. The molecule has 0 N–H and O–H groups in total. The third kappa shape index (κ3) is 5.69. The second kappa shape index (κ2) is 14.1. The van der Waals surface area contributed by atoms with Crippen LogP contribution in [0.2, 0.25) is 0 Å². The lowest BCUT2D eigenvalue weighted by Gasteiger charge is -2.42. The molecule has 0 amide bonds. The minimum atomic E-state index is -2.69. The largest absolute Gasteiger partial charge is 0.178 e. The second-order valence-corrected chi connectivity index (χ2v) is 18.7. The maximum Gasteiger partial charge on any atom is 0.178 e. The molecule has 0 saturated carbocycles. The summed E-state index contributed by atoms with van der Waals surface area (Å²) < 4.78 is 0. The fourth-order valence-electron chi connectivity index (χ4n) is 6.66. The molecule has 2 heteroatoms. The lowest BCUT2D eigenvalue weighted by atomic mass is 10.0. The monoisotopic (exact) mass is 628 g/mol. The first-order chi connectivity index (χ1) is 22.6. The van der Waals surface area contributed by atoms with Gasteiger partial charge in [0, 0.05) is 25.6 Å². The van der Waals surface area contributed by atoms with E-state index in [1.807, 2.05) is 6.07 Å². The van der Waals surface area contributed by atoms with E-state index < -0.39 is 18.1 Å². The van der Waals surface area contributed by atoms with Crippen molar-refractivity contribution in [1.82, 2.24) is 0 Å². The molecule has 226 valence electrons. The van der Waals surface area contributed by atoms with Gasteiger partial charge in [0.1, 0.15) is 0 Å². The van der Waals surface area contributed by atoms with Gasteiger partial charge in [-0.25, -0.2) is 0 Å². The van der Waals surface area contributed by atoms with Crippen LogP contribution in [0.1, 0.15) is 20.3 Å². The number of rotatable bonds is 10. The Morgan fingerprint density at radius 1 is 0.717 bits per heavy atom. The van der Waals surface area contributed by atoms with Gasteiger partial charge in [-0.2, -0.15) is 0 Å². The van der Waals surface area contributed by atoms with Gasteiger partial charge in [0.15, 0.2) is 8.07 Å². The zero-order chi connectivity index (χ0) is 31.8. The molecule has 0 aromatic heterocycles. The molecule has 2 atom stereocenters. The van der Waals surface area contributed by atoms with Crippen LogP contribution in [0, 0.1) is 18.1 Å². The summed E-state index contributed by atoms with van der Waals surface area (Å²) in [7, 11) is -4.51. The normalized spacial score (nSPS) is 16.5. The first-order valence-electron chi connectivity index (χ1n) is 16.0. The summed E-state index contributed by atoms with van der Waals surface area (Å²) in [4.78, 5) is 5.13. The molecular weight excluding hydrogens is 589 g/mol. The Hall–Kier alpha value is -4.81. The van der Waals surface area contributed by atoms with Crippen molar-refractivity contribution in [2.75, 3.05) is 0 Å². The summed E-state index contributed by atoms with van der Waals surface area (Å²) in [6.45, 7) is 9.17. The maximum atomic E-state index is 4.82. The molecule has 1 aliphatic rings. The first-order valence-corrected chi connectivity index (χ1v) is 19.6. The third-order valence-corrected chi connectivity index (χ3v) is 17.5. The highest BCUT2D eigenvalue weighted by molar-refractivity contribution is 8.34. The van der Waals surface area contributed by atoms with Crippen molar-refractivity contribution >= 4 is 28.5 Å². The molecule has 5 aromatic rings. The first kappa shape index (κ1) is 31.2. The van der Waals surface area contributed by atoms with Gasteiger partial charge in [-0.15, -0.1) is 10.0 Å². The van der Waals surface area contributed by atoms with Crippen molar-refractivity contribution in [3.63, 3.8) is 0 Å². The Bertz CT molecular complexity index is 1770. The van der Waals surface area contributed by atoms with Crippen LogP contribution >= 0.6 is 10.0 Å². The SMILES string of the molecule is C=C(/C=C\C=C/C)[Si](C1=CCC(C)C=C1)(c1ccccc1)c1ccc(S(c2cc#ccc2)(c2ccccc2)c2ccccc2)cc1. The van der Waals surface area contributed by atoms with Crippen molar-refractivity contribution in [1.29, 1.82) is 0 Å². The van der Waals surface area contributed by atoms with E-state index in [1.165, 1.54) is 40.3 Å². The fourth-order valence-corrected chi connectivity index (χ4v) is 15.1. The van der Waals surface area contributed by atoms with Crippen LogP contribution in [0.5, 0.6) is 0 Å². The van der Waals surface area contributed by atoms with Gasteiger partial charge in [0.25, 0.3) is 0 Å². The Morgan fingerprint density at radius 2 is 1.30 bits per heavy atom. The number of hydrogen-bond acceptors (Lipinski definition) is 0. The molecule has 0 saturated heterocycles. The van der Waals surface area contributed by atoms with Crippen molar-refractivity contribution < 1.29 is 0 Å². The number of benzene rings is 4. The molecule has 0 bridgehead atoms. The predicted molar refractivity (Wildman–Crippen MR) is 200 cm³/mol. The molecule has 0 spiro atoms. The Balaban J connectivity index is 1.63. The summed E-state index contributed by atoms with van der Waals surface area (Å²) in [6, 6.07) is 55.4. The van der Waals surface area contributed by atoms with Crippen molar-refractivity contribution in [3.8, 4) is 0 Å². The molecule has 0 radical (unpaired) electrons. The van der Waals surface area contributed by atoms with E-state index in [4.69, 9.17) is 6.58 Å². The van der Waals surface area contributed by atoms with Crippen molar-refractivity contribution in [2.24, 2.45) is 5.92 Å². The van der Waals surface area contributed by atoms with Crippen LogP contribution in [-0.4, -0.2) is 8.07 Å². The standard InChI is InChI=1S/C44H40SSi/c1-4-5-10-19-37(3)46(42-26-17-9-18-27-42,43-32-28-36(2)29-33-43)44-34-30-41(31-35-44)45(38-20-11-6-12-21-38,39-22-13-7-14-23-39)40-24-15-8-16-25-40/h4-7,9-15,17-28,30-36H,3,29H2,1-2H3/b5-4-,19-10-. The van der Waals surface area contributed by atoms with Crippen LogP contribution < -0.4 is 10.4 Å². The summed E-state index contributed by atoms with van der Waals surface area (Å²) >= 11 is 0. The fraction of sp³-hybridized carbons (Fsp3) is 0.0909. The van der Waals surface area contributed by atoms with E-state index in [0.717, 1.165) is 6.42 Å².